The van der Waals surface area contributed by atoms with E-state index in [1.165, 1.54) is 4.68 Å². The molecule has 5 nitrogen and oxygen atoms in total. The fourth-order valence-electron chi connectivity index (χ4n) is 2.24. The van der Waals surface area contributed by atoms with E-state index in [9.17, 15) is 9.90 Å². The number of nitrogens with zero attached hydrogens (tertiary/aromatic N) is 2. The van der Waals surface area contributed by atoms with Crippen molar-refractivity contribution in [1.29, 1.82) is 0 Å². The van der Waals surface area contributed by atoms with Gasteiger partial charge >= 0.3 is 5.97 Å². The van der Waals surface area contributed by atoms with Crippen LogP contribution in [0.25, 0.3) is 11.1 Å². The van der Waals surface area contributed by atoms with Gasteiger partial charge in [-0.15, -0.1) is 0 Å². The van der Waals surface area contributed by atoms with Crippen LogP contribution in [0.4, 0.5) is 0 Å². The van der Waals surface area contributed by atoms with Crippen molar-refractivity contribution in [2.45, 2.75) is 13.8 Å². The van der Waals surface area contributed by atoms with Crippen LogP contribution in [0.3, 0.4) is 0 Å². The van der Waals surface area contributed by atoms with Crippen LogP contribution in [0.1, 0.15) is 21.7 Å². The number of carbonyl (C=O) groups is 1. The Bertz CT molecular complexity index is 644. The SMILES string of the molecule is COc1ccc(C)cc1-c1c(C)nn(C)c1C(=O)O. The number of rotatable bonds is 3. The third-order valence-electron chi connectivity index (χ3n) is 3.05. The fourth-order valence-corrected chi connectivity index (χ4v) is 2.24. The summed E-state index contributed by atoms with van der Waals surface area (Å²) in [5, 5.41) is 13.5. The van der Waals surface area contributed by atoms with Crippen molar-refractivity contribution in [3.05, 3.63) is 35.2 Å². The number of aromatic carboxylic acids is 1. The van der Waals surface area contributed by atoms with Crippen LogP contribution >= 0.6 is 0 Å². The summed E-state index contributed by atoms with van der Waals surface area (Å²) in [5.74, 6) is -0.356. The van der Waals surface area contributed by atoms with Crippen molar-refractivity contribution in [3.8, 4) is 16.9 Å². The molecule has 1 N–H and O–H groups in total. The highest BCUT2D eigenvalue weighted by Crippen LogP contribution is 2.35. The monoisotopic (exact) mass is 260 g/mol. The van der Waals surface area contributed by atoms with E-state index in [-0.39, 0.29) is 5.69 Å². The maximum atomic E-state index is 11.4. The average molecular weight is 260 g/mol. The minimum Gasteiger partial charge on any atom is -0.496 e. The quantitative estimate of drug-likeness (QED) is 0.920. The van der Waals surface area contributed by atoms with Crippen molar-refractivity contribution in [1.82, 2.24) is 9.78 Å². The van der Waals surface area contributed by atoms with Crippen LogP contribution in [0, 0.1) is 13.8 Å². The lowest BCUT2D eigenvalue weighted by Crippen LogP contribution is -2.07. The predicted octanol–water partition coefficient (Wildman–Crippen LogP) is 2.41. The van der Waals surface area contributed by atoms with E-state index in [1.807, 2.05) is 25.1 Å². The normalized spacial score (nSPS) is 10.5. The number of hydrogen-bond donors (Lipinski definition) is 1. The Balaban J connectivity index is 2.78. The number of benzene rings is 1. The first-order valence-electron chi connectivity index (χ1n) is 5.87. The maximum absolute atomic E-state index is 11.4. The van der Waals surface area contributed by atoms with Crippen molar-refractivity contribution < 1.29 is 14.6 Å². The second-order valence-electron chi connectivity index (χ2n) is 4.44. The minimum absolute atomic E-state index is 0.168. The lowest BCUT2D eigenvalue weighted by molar-refractivity contribution is 0.0686. The van der Waals surface area contributed by atoms with Gasteiger partial charge in [0.15, 0.2) is 5.69 Å². The summed E-state index contributed by atoms with van der Waals surface area (Å²) in [5.41, 5.74) is 3.24. The highest BCUT2D eigenvalue weighted by molar-refractivity contribution is 5.96. The van der Waals surface area contributed by atoms with E-state index >= 15 is 0 Å². The van der Waals surface area contributed by atoms with E-state index in [4.69, 9.17) is 4.74 Å². The van der Waals surface area contributed by atoms with Crippen molar-refractivity contribution in [2.24, 2.45) is 7.05 Å². The summed E-state index contributed by atoms with van der Waals surface area (Å²) < 4.78 is 6.71. The van der Waals surface area contributed by atoms with E-state index in [1.54, 1.807) is 21.1 Å². The van der Waals surface area contributed by atoms with E-state index in [2.05, 4.69) is 5.10 Å². The molecule has 0 aliphatic heterocycles. The first-order chi connectivity index (χ1) is 8.95. The number of aryl methyl sites for hydroxylation is 3. The van der Waals surface area contributed by atoms with E-state index < -0.39 is 5.97 Å². The molecular weight excluding hydrogens is 244 g/mol. The van der Waals surface area contributed by atoms with Crippen LogP contribution in [0.2, 0.25) is 0 Å². The number of methoxy groups -OCH3 is 1. The Hall–Kier alpha value is -2.30. The van der Waals surface area contributed by atoms with Gasteiger partial charge in [-0.2, -0.15) is 5.10 Å². The molecule has 0 bridgehead atoms. The topological polar surface area (TPSA) is 64.4 Å². The van der Waals surface area contributed by atoms with Gasteiger partial charge in [-0.1, -0.05) is 11.6 Å². The summed E-state index contributed by atoms with van der Waals surface area (Å²) >= 11 is 0. The average Bonchev–Trinajstić information content (AvgIpc) is 2.64. The fraction of sp³-hybridized carbons (Fsp3) is 0.286. The first kappa shape index (κ1) is 13.1. The number of ether oxygens (including phenoxy) is 1. The van der Waals surface area contributed by atoms with Gasteiger partial charge in [0.2, 0.25) is 0 Å². The zero-order valence-electron chi connectivity index (χ0n) is 11.4. The molecule has 5 heteroatoms. The van der Waals surface area contributed by atoms with E-state index in [0.29, 0.717) is 17.0 Å². The molecule has 0 aliphatic carbocycles. The molecule has 19 heavy (non-hydrogen) atoms. The number of carboxylic acid groups (broad SMARTS) is 1. The number of aromatic nitrogens is 2. The Kier molecular flexibility index (Phi) is 3.29. The van der Waals surface area contributed by atoms with Gasteiger partial charge in [-0.3, -0.25) is 4.68 Å². The molecule has 0 amide bonds. The summed E-state index contributed by atoms with van der Waals surface area (Å²) in [7, 11) is 3.20. The molecule has 0 atom stereocenters. The van der Waals surface area contributed by atoms with Crippen LogP contribution in [-0.4, -0.2) is 28.0 Å². The molecule has 2 rings (SSSR count). The zero-order valence-corrected chi connectivity index (χ0v) is 11.4. The first-order valence-corrected chi connectivity index (χ1v) is 5.87. The molecule has 0 fully saturated rings. The van der Waals surface area contributed by atoms with Gasteiger partial charge in [-0.05, 0) is 26.0 Å². The standard InChI is InChI=1S/C14H16N2O3/c1-8-5-6-11(19-4)10(7-8)12-9(2)15-16(3)13(12)14(17)18/h5-7H,1-4H3,(H,17,18). The molecule has 0 unspecified atom stereocenters. The third kappa shape index (κ3) is 2.19. The Morgan fingerprint density at radius 1 is 1.37 bits per heavy atom. The zero-order chi connectivity index (χ0) is 14.2. The smallest absolute Gasteiger partial charge is 0.354 e. The molecule has 1 heterocycles. The maximum Gasteiger partial charge on any atom is 0.354 e. The van der Waals surface area contributed by atoms with Crippen LogP contribution < -0.4 is 4.74 Å². The van der Waals surface area contributed by atoms with Gasteiger partial charge in [0.1, 0.15) is 5.75 Å². The highest BCUT2D eigenvalue weighted by atomic mass is 16.5. The Morgan fingerprint density at radius 3 is 2.63 bits per heavy atom. The summed E-state index contributed by atoms with van der Waals surface area (Å²) in [6.45, 7) is 3.75. The van der Waals surface area contributed by atoms with Crippen LogP contribution in [-0.2, 0) is 7.05 Å². The van der Waals surface area contributed by atoms with Crippen molar-refractivity contribution >= 4 is 5.97 Å². The van der Waals surface area contributed by atoms with Gasteiger partial charge in [0.25, 0.3) is 0 Å². The molecule has 1 aromatic heterocycles. The van der Waals surface area contributed by atoms with Gasteiger partial charge in [-0.25, -0.2) is 4.79 Å². The molecule has 0 saturated carbocycles. The molecule has 0 spiro atoms. The lowest BCUT2D eigenvalue weighted by Gasteiger charge is -2.10. The van der Waals surface area contributed by atoms with Crippen LogP contribution in [0.15, 0.2) is 18.2 Å². The molecule has 1 aromatic carbocycles. The summed E-state index contributed by atoms with van der Waals surface area (Å²) in [4.78, 5) is 11.4. The molecule has 0 radical (unpaired) electrons. The lowest BCUT2D eigenvalue weighted by atomic mass is 10.00. The molecule has 2 aromatic rings. The number of carboxylic acids is 1. The van der Waals surface area contributed by atoms with Gasteiger partial charge in [0, 0.05) is 18.2 Å². The predicted molar refractivity (Wildman–Crippen MR) is 71.6 cm³/mol. The second kappa shape index (κ2) is 4.76. The highest BCUT2D eigenvalue weighted by Gasteiger charge is 2.23. The largest absolute Gasteiger partial charge is 0.496 e. The Morgan fingerprint density at radius 2 is 2.05 bits per heavy atom. The minimum atomic E-state index is -0.998. The van der Waals surface area contributed by atoms with Crippen LogP contribution in [0.5, 0.6) is 5.75 Å². The molecule has 0 saturated heterocycles. The number of hydrogen-bond acceptors (Lipinski definition) is 3. The van der Waals surface area contributed by atoms with Crippen molar-refractivity contribution in [3.63, 3.8) is 0 Å². The molecule has 0 aliphatic rings. The molecule has 100 valence electrons. The third-order valence-corrected chi connectivity index (χ3v) is 3.05. The Labute approximate surface area is 111 Å². The molecular formula is C14H16N2O3. The van der Waals surface area contributed by atoms with Crippen molar-refractivity contribution in [2.75, 3.05) is 7.11 Å². The van der Waals surface area contributed by atoms with Gasteiger partial charge < -0.3 is 9.84 Å². The second-order valence-corrected chi connectivity index (χ2v) is 4.44. The summed E-state index contributed by atoms with van der Waals surface area (Å²) in [6, 6.07) is 5.67. The van der Waals surface area contributed by atoms with E-state index in [0.717, 1.165) is 11.1 Å². The van der Waals surface area contributed by atoms with Gasteiger partial charge in [0.05, 0.1) is 12.8 Å². The summed E-state index contributed by atoms with van der Waals surface area (Å²) in [6.07, 6.45) is 0.